The molecule has 1 aliphatic carbocycles. The van der Waals surface area contributed by atoms with E-state index in [1.807, 2.05) is 12.1 Å². The molecule has 2 aliphatic rings. The average Bonchev–Trinajstić information content (AvgIpc) is 3.32. The molecule has 1 atom stereocenters. The van der Waals surface area contributed by atoms with Crippen LogP contribution in [0.4, 0.5) is 0 Å². The first-order valence-corrected chi connectivity index (χ1v) is 12.5. The molecule has 1 aliphatic heterocycles. The number of benzene rings is 3. The lowest BCUT2D eigenvalue weighted by molar-refractivity contribution is -0.190. The second-order valence-electron chi connectivity index (χ2n) is 9.49. The Kier molecular flexibility index (Phi) is 7.32. The molecule has 5 rings (SSSR count). The Labute approximate surface area is 206 Å². The number of ether oxygens (including phenoxy) is 3. The number of aryl methyl sites for hydroxylation is 1. The Morgan fingerprint density at radius 3 is 2.66 bits per heavy atom. The third-order valence-corrected chi connectivity index (χ3v) is 7.29. The molecule has 0 bridgehead atoms. The zero-order valence-corrected chi connectivity index (χ0v) is 20.2. The van der Waals surface area contributed by atoms with E-state index in [9.17, 15) is 9.90 Å². The van der Waals surface area contributed by atoms with Gasteiger partial charge in [-0.05, 0) is 71.8 Å². The van der Waals surface area contributed by atoms with Crippen molar-refractivity contribution in [2.24, 2.45) is 0 Å². The van der Waals surface area contributed by atoms with E-state index in [4.69, 9.17) is 14.2 Å². The van der Waals surface area contributed by atoms with Crippen LogP contribution in [-0.2, 0) is 20.7 Å². The number of fused-ring (bicyclic) bond motifs is 2. The summed E-state index contributed by atoms with van der Waals surface area (Å²) < 4.78 is 17.6. The Morgan fingerprint density at radius 1 is 1.06 bits per heavy atom. The summed E-state index contributed by atoms with van der Waals surface area (Å²) in [5.74, 6) is 0.251. The van der Waals surface area contributed by atoms with Gasteiger partial charge in [-0.15, -0.1) is 0 Å². The van der Waals surface area contributed by atoms with Gasteiger partial charge in [0.05, 0.1) is 26.9 Å². The molecular formula is C29H33NO5. The summed E-state index contributed by atoms with van der Waals surface area (Å²) in [6.45, 7) is 2.00. The molecule has 0 radical (unpaired) electrons. The Morgan fingerprint density at radius 2 is 1.86 bits per heavy atom. The predicted molar refractivity (Wildman–Crippen MR) is 135 cm³/mol. The van der Waals surface area contributed by atoms with Crippen LogP contribution in [0.1, 0.15) is 47.9 Å². The number of nitrogens with zero attached hydrogens (tertiary/aromatic N) is 1. The fourth-order valence-corrected chi connectivity index (χ4v) is 5.55. The van der Waals surface area contributed by atoms with Crippen molar-refractivity contribution < 1.29 is 24.1 Å². The fraction of sp³-hybridized carbons (Fsp3) is 0.414. The maximum atomic E-state index is 11.5. The molecule has 1 fully saturated rings. The van der Waals surface area contributed by atoms with Crippen molar-refractivity contribution in [3.8, 4) is 5.75 Å². The smallest absolute Gasteiger partial charge is 0.317 e. The Balaban J connectivity index is 1.16. The molecule has 3 aromatic rings. The standard InChI is InChI=1S/C29H33NO5/c1-33-23-12-13-25-21(16-23)7-4-9-24(25)22-18-34-29(35-19-22)10-5-15-30(17-28(31)32)27-14-11-20-6-2-3-8-26(20)27/h2-4,6-9,12-13,16,22,27,29H,5,10-11,14-15,17-19H2,1H3,(H,31,32). The number of aliphatic carboxylic acids is 1. The van der Waals surface area contributed by atoms with Crippen molar-refractivity contribution in [3.05, 3.63) is 77.4 Å². The summed E-state index contributed by atoms with van der Waals surface area (Å²) in [4.78, 5) is 13.6. The molecular weight excluding hydrogens is 442 g/mol. The highest BCUT2D eigenvalue weighted by atomic mass is 16.7. The molecule has 3 aromatic carbocycles. The van der Waals surface area contributed by atoms with Crippen LogP contribution < -0.4 is 4.74 Å². The minimum atomic E-state index is -0.782. The number of hydrogen-bond donors (Lipinski definition) is 1. The van der Waals surface area contributed by atoms with Crippen LogP contribution in [0.25, 0.3) is 10.8 Å². The topological polar surface area (TPSA) is 68.2 Å². The maximum absolute atomic E-state index is 11.5. The summed E-state index contributed by atoms with van der Waals surface area (Å²) in [6.07, 6.45) is 3.32. The van der Waals surface area contributed by atoms with Gasteiger partial charge in [0.25, 0.3) is 0 Å². The molecule has 1 saturated heterocycles. The normalized spacial score (nSPS) is 21.8. The third-order valence-electron chi connectivity index (χ3n) is 7.29. The van der Waals surface area contributed by atoms with Gasteiger partial charge in [0, 0.05) is 12.0 Å². The predicted octanol–water partition coefficient (Wildman–Crippen LogP) is 5.16. The van der Waals surface area contributed by atoms with Crippen LogP contribution in [0.5, 0.6) is 5.75 Å². The zero-order chi connectivity index (χ0) is 24.2. The summed E-state index contributed by atoms with van der Waals surface area (Å²) in [5, 5.41) is 11.8. The van der Waals surface area contributed by atoms with Crippen LogP contribution in [-0.4, -0.2) is 55.7 Å². The molecule has 1 heterocycles. The molecule has 1 unspecified atom stereocenters. The van der Waals surface area contributed by atoms with Gasteiger partial charge in [-0.1, -0.05) is 48.5 Å². The second kappa shape index (κ2) is 10.8. The van der Waals surface area contributed by atoms with Gasteiger partial charge in [0.15, 0.2) is 6.29 Å². The van der Waals surface area contributed by atoms with E-state index in [0.717, 1.165) is 36.8 Å². The molecule has 0 aromatic heterocycles. The highest BCUT2D eigenvalue weighted by Gasteiger charge is 2.29. The van der Waals surface area contributed by atoms with E-state index in [0.29, 0.717) is 19.8 Å². The summed E-state index contributed by atoms with van der Waals surface area (Å²) >= 11 is 0. The Bertz CT molecular complexity index is 1170. The first-order chi connectivity index (χ1) is 17.1. The molecule has 0 saturated carbocycles. The summed E-state index contributed by atoms with van der Waals surface area (Å²) in [5.41, 5.74) is 3.84. The van der Waals surface area contributed by atoms with E-state index in [2.05, 4.69) is 53.4 Å². The largest absolute Gasteiger partial charge is 0.497 e. The van der Waals surface area contributed by atoms with E-state index in [1.54, 1.807) is 7.11 Å². The molecule has 6 heteroatoms. The van der Waals surface area contributed by atoms with Crippen LogP contribution in [0, 0.1) is 0 Å². The lowest BCUT2D eigenvalue weighted by Gasteiger charge is -2.32. The maximum Gasteiger partial charge on any atom is 0.317 e. The Hall–Kier alpha value is -2.93. The molecule has 0 amide bonds. The second-order valence-corrected chi connectivity index (χ2v) is 9.49. The minimum absolute atomic E-state index is 0.0549. The van der Waals surface area contributed by atoms with Crippen LogP contribution in [0.3, 0.4) is 0 Å². The number of hydrogen-bond acceptors (Lipinski definition) is 5. The zero-order valence-electron chi connectivity index (χ0n) is 20.2. The van der Waals surface area contributed by atoms with Crippen LogP contribution >= 0.6 is 0 Å². The highest BCUT2D eigenvalue weighted by molar-refractivity contribution is 5.87. The third kappa shape index (κ3) is 5.35. The van der Waals surface area contributed by atoms with Crippen LogP contribution in [0.2, 0.25) is 0 Å². The van der Waals surface area contributed by atoms with Gasteiger partial charge in [0.1, 0.15) is 5.75 Å². The SMILES string of the molecule is COc1ccc2c(C3COC(CCCN(CC(=O)O)C4CCc5ccccc54)OC3)cccc2c1. The van der Waals surface area contributed by atoms with Crippen molar-refractivity contribution in [2.45, 2.75) is 43.9 Å². The van der Waals surface area contributed by atoms with Crippen molar-refractivity contribution in [1.82, 2.24) is 4.90 Å². The molecule has 0 spiro atoms. The summed E-state index contributed by atoms with van der Waals surface area (Å²) in [7, 11) is 1.68. The number of methoxy groups -OCH3 is 1. The quantitative estimate of drug-likeness (QED) is 0.461. The van der Waals surface area contributed by atoms with Crippen molar-refractivity contribution in [1.29, 1.82) is 0 Å². The number of carbonyl (C=O) groups is 1. The average molecular weight is 476 g/mol. The lowest BCUT2D eigenvalue weighted by atomic mass is 9.94. The number of rotatable bonds is 9. The van der Waals surface area contributed by atoms with Crippen molar-refractivity contribution >= 4 is 16.7 Å². The number of carboxylic acid groups (broad SMARTS) is 1. The van der Waals surface area contributed by atoms with E-state index < -0.39 is 5.97 Å². The first kappa shape index (κ1) is 23.8. The van der Waals surface area contributed by atoms with Gasteiger partial charge in [0.2, 0.25) is 0 Å². The number of carboxylic acids is 1. The van der Waals surface area contributed by atoms with Crippen molar-refractivity contribution in [2.75, 3.05) is 33.4 Å². The summed E-state index contributed by atoms with van der Waals surface area (Å²) in [6, 6.07) is 21.0. The molecule has 184 valence electrons. The van der Waals surface area contributed by atoms with Crippen LogP contribution in [0.15, 0.2) is 60.7 Å². The van der Waals surface area contributed by atoms with Gasteiger partial charge < -0.3 is 19.3 Å². The minimum Gasteiger partial charge on any atom is -0.497 e. The van der Waals surface area contributed by atoms with Gasteiger partial charge in [-0.2, -0.15) is 0 Å². The first-order valence-electron chi connectivity index (χ1n) is 12.5. The van der Waals surface area contributed by atoms with E-state index >= 15 is 0 Å². The van der Waals surface area contributed by atoms with Crippen molar-refractivity contribution in [3.63, 3.8) is 0 Å². The monoisotopic (exact) mass is 475 g/mol. The van der Waals surface area contributed by atoms with Gasteiger partial charge in [-0.25, -0.2) is 0 Å². The highest BCUT2D eigenvalue weighted by Crippen LogP contribution is 2.36. The van der Waals surface area contributed by atoms with E-state index in [1.165, 1.54) is 22.1 Å². The molecule has 6 nitrogen and oxygen atoms in total. The lowest BCUT2D eigenvalue weighted by Crippen LogP contribution is -2.35. The van der Waals surface area contributed by atoms with Gasteiger partial charge in [-0.3, -0.25) is 9.69 Å². The van der Waals surface area contributed by atoms with E-state index in [-0.39, 0.29) is 24.8 Å². The fourth-order valence-electron chi connectivity index (χ4n) is 5.55. The molecule has 35 heavy (non-hydrogen) atoms. The molecule has 1 N–H and O–H groups in total. The van der Waals surface area contributed by atoms with Gasteiger partial charge >= 0.3 is 5.97 Å².